The average molecular weight is 475 g/mol. The first-order valence-electron chi connectivity index (χ1n) is 11.8. The summed E-state index contributed by atoms with van der Waals surface area (Å²) in [6.07, 6.45) is 3.64. The maximum atomic E-state index is 13.2. The number of nitrogens with zero attached hydrogens (tertiary/aromatic N) is 1. The number of carbonyl (C=O) groups excluding carboxylic acids is 4. The quantitative estimate of drug-likeness (QED) is 0.566. The summed E-state index contributed by atoms with van der Waals surface area (Å²) < 4.78 is 11.5. The lowest BCUT2D eigenvalue weighted by molar-refractivity contribution is 0.0953. The third-order valence-corrected chi connectivity index (χ3v) is 6.81. The molecule has 0 radical (unpaired) electrons. The van der Waals surface area contributed by atoms with Gasteiger partial charge in [0.1, 0.15) is 11.5 Å². The van der Waals surface area contributed by atoms with Crippen molar-refractivity contribution in [2.45, 2.75) is 52.4 Å². The molecule has 3 aromatic rings. The normalized spacial score (nSPS) is 14.9. The number of hydrogen-bond donors (Lipinski definition) is 1. The van der Waals surface area contributed by atoms with Crippen LogP contribution in [0.2, 0.25) is 0 Å². The molecule has 2 heterocycles. The van der Waals surface area contributed by atoms with Gasteiger partial charge in [0.05, 0.1) is 11.1 Å². The highest BCUT2D eigenvalue weighted by Gasteiger charge is 2.31. The molecule has 0 spiro atoms. The summed E-state index contributed by atoms with van der Waals surface area (Å²) in [5.74, 6) is 0.612. The van der Waals surface area contributed by atoms with Crippen LogP contribution in [0.5, 0.6) is 0 Å². The molecule has 0 aliphatic heterocycles. The van der Waals surface area contributed by atoms with Crippen LogP contribution in [0.25, 0.3) is 0 Å². The van der Waals surface area contributed by atoms with Gasteiger partial charge in [0.2, 0.25) is 0 Å². The number of fused-ring (bicyclic) bond motifs is 2. The maximum Gasteiger partial charge on any atom is 0.294 e. The zero-order chi connectivity index (χ0) is 24.9. The first kappa shape index (κ1) is 22.8. The molecule has 180 valence electrons. The van der Waals surface area contributed by atoms with E-state index in [1.807, 2.05) is 0 Å². The zero-order valence-electron chi connectivity index (χ0n) is 19.9. The van der Waals surface area contributed by atoms with E-state index in [-0.39, 0.29) is 29.0 Å². The monoisotopic (exact) mass is 474 g/mol. The van der Waals surface area contributed by atoms with Crippen molar-refractivity contribution >= 4 is 34.8 Å². The van der Waals surface area contributed by atoms with Gasteiger partial charge in [-0.2, -0.15) is 0 Å². The number of furan rings is 2. The number of nitrogens with one attached hydrogen (secondary N) is 1. The number of amides is 2. The van der Waals surface area contributed by atoms with Crippen LogP contribution < -0.4 is 10.2 Å². The van der Waals surface area contributed by atoms with Crippen LogP contribution in [0.3, 0.4) is 0 Å². The Bertz CT molecular complexity index is 1390. The molecular weight excluding hydrogens is 448 g/mol. The third-order valence-electron chi connectivity index (χ3n) is 6.81. The van der Waals surface area contributed by atoms with Gasteiger partial charge >= 0.3 is 0 Å². The van der Waals surface area contributed by atoms with Crippen molar-refractivity contribution < 1.29 is 28.0 Å². The predicted molar refractivity (Wildman–Crippen MR) is 129 cm³/mol. The van der Waals surface area contributed by atoms with Crippen LogP contribution in [0.4, 0.5) is 11.4 Å². The molecule has 0 saturated heterocycles. The Labute approximate surface area is 202 Å². The van der Waals surface area contributed by atoms with Crippen LogP contribution in [0, 0.1) is 13.8 Å². The van der Waals surface area contributed by atoms with E-state index < -0.39 is 5.91 Å². The van der Waals surface area contributed by atoms with Crippen LogP contribution in [0.1, 0.15) is 90.2 Å². The smallest absolute Gasteiger partial charge is 0.294 e. The van der Waals surface area contributed by atoms with Gasteiger partial charge in [-0.05, 0) is 44.9 Å². The molecule has 1 N–H and O–H groups in total. The van der Waals surface area contributed by atoms with Crippen LogP contribution in [-0.4, -0.2) is 30.4 Å². The topological polar surface area (TPSA) is 110 Å². The highest BCUT2D eigenvalue weighted by atomic mass is 16.4. The SMILES string of the molecule is Cc1c(C(=O)Nc2cccc(N(C)C(=O)c3oc4c(c3C)C(=O)CCC4)c2)oc2c1C(=O)CCC2. The molecule has 8 nitrogen and oxygen atoms in total. The number of Topliss-reactive ketones (excluding diaryl/α,β-unsaturated/α-hetero) is 2. The van der Waals surface area contributed by atoms with E-state index in [0.717, 1.165) is 6.42 Å². The van der Waals surface area contributed by atoms with Crippen molar-refractivity contribution in [2.75, 3.05) is 17.3 Å². The minimum atomic E-state index is -0.455. The van der Waals surface area contributed by atoms with Crippen LogP contribution >= 0.6 is 0 Å². The molecular formula is C27H26N2O6. The van der Waals surface area contributed by atoms with E-state index in [0.29, 0.717) is 77.3 Å². The third kappa shape index (κ3) is 3.88. The summed E-state index contributed by atoms with van der Waals surface area (Å²) in [5, 5.41) is 2.80. The van der Waals surface area contributed by atoms with Gasteiger partial charge in [-0.15, -0.1) is 0 Å². The standard InChI is InChI=1S/C27H26N2O6/c1-14-22-18(30)9-5-11-20(22)34-24(14)26(32)28-16-7-4-8-17(13-16)29(3)27(33)25-15(2)23-19(31)10-6-12-21(23)35-25/h4,7-8,13H,5-6,9-12H2,1-3H3,(H,28,32). The number of aryl methyl sites for hydroxylation is 2. The fourth-order valence-electron chi connectivity index (χ4n) is 4.97. The Balaban J connectivity index is 1.37. The summed E-state index contributed by atoms with van der Waals surface area (Å²) in [5.41, 5.74) is 3.19. The number of carbonyl (C=O) groups is 4. The molecule has 5 rings (SSSR count). The van der Waals surface area contributed by atoms with Crippen molar-refractivity contribution in [3.05, 3.63) is 69.6 Å². The largest absolute Gasteiger partial charge is 0.455 e. The van der Waals surface area contributed by atoms with Gasteiger partial charge in [0.25, 0.3) is 11.8 Å². The van der Waals surface area contributed by atoms with Crippen molar-refractivity contribution in [2.24, 2.45) is 0 Å². The molecule has 2 amide bonds. The first-order chi connectivity index (χ1) is 16.8. The summed E-state index contributed by atoms with van der Waals surface area (Å²) in [4.78, 5) is 52.1. The number of benzene rings is 1. The van der Waals surface area contributed by atoms with E-state index in [1.165, 1.54) is 4.90 Å². The fraction of sp³-hybridized carbons (Fsp3) is 0.333. The van der Waals surface area contributed by atoms with Crippen LogP contribution in [0.15, 0.2) is 33.1 Å². The molecule has 0 fully saturated rings. The van der Waals surface area contributed by atoms with E-state index in [1.54, 1.807) is 45.2 Å². The molecule has 0 bridgehead atoms. The predicted octanol–water partition coefficient (Wildman–Crippen LogP) is 5.06. The second-order valence-corrected chi connectivity index (χ2v) is 9.13. The lowest BCUT2D eigenvalue weighted by Gasteiger charge is -2.17. The zero-order valence-corrected chi connectivity index (χ0v) is 19.9. The van der Waals surface area contributed by atoms with Gasteiger partial charge in [-0.1, -0.05) is 6.07 Å². The summed E-state index contributed by atoms with van der Waals surface area (Å²) in [6.45, 7) is 3.46. The van der Waals surface area contributed by atoms with Gasteiger partial charge in [0, 0.05) is 55.2 Å². The lowest BCUT2D eigenvalue weighted by atomic mass is 9.94. The average Bonchev–Trinajstić information content (AvgIpc) is 3.37. The second kappa shape index (κ2) is 8.69. The number of ketones is 2. The molecule has 1 aromatic carbocycles. The molecule has 2 aliphatic rings. The first-order valence-corrected chi connectivity index (χ1v) is 11.8. The molecule has 2 aromatic heterocycles. The summed E-state index contributed by atoms with van der Waals surface area (Å²) >= 11 is 0. The fourth-order valence-corrected chi connectivity index (χ4v) is 4.97. The highest BCUT2D eigenvalue weighted by Crippen LogP contribution is 2.32. The van der Waals surface area contributed by atoms with E-state index in [9.17, 15) is 19.2 Å². The van der Waals surface area contributed by atoms with E-state index in [2.05, 4.69) is 5.32 Å². The van der Waals surface area contributed by atoms with Gasteiger partial charge in [0.15, 0.2) is 23.1 Å². The number of rotatable bonds is 4. The van der Waals surface area contributed by atoms with Crippen molar-refractivity contribution in [1.29, 1.82) is 0 Å². The van der Waals surface area contributed by atoms with Crippen molar-refractivity contribution in [3.8, 4) is 0 Å². The minimum Gasteiger partial charge on any atom is -0.455 e. The van der Waals surface area contributed by atoms with E-state index in [4.69, 9.17) is 8.83 Å². The van der Waals surface area contributed by atoms with Crippen LogP contribution in [-0.2, 0) is 12.8 Å². The Morgan fingerprint density at radius 2 is 1.43 bits per heavy atom. The van der Waals surface area contributed by atoms with Crippen molar-refractivity contribution in [1.82, 2.24) is 0 Å². The molecule has 0 atom stereocenters. The summed E-state index contributed by atoms with van der Waals surface area (Å²) in [7, 11) is 1.61. The number of anilines is 2. The summed E-state index contributed by atoms with van der Waals surface area (Å²) in [6, 6.07) is 6.84. The molecule has 0 unspecified atom stereocenters. The minimum absolute atomic E-state index is 0.00489. The number of hydrogen-bond acceptors (Lipinski definition) is 6. The Morgan fingerprint density at radius 1 is 0.857 bits per heavy atom. The van der Waals surface area contributed by atoms with Crippen molar-refractivity contribution in [3.63, 3.8) is 0 Å². The Kier molecular flexibility index (Phi) is 5.67. The molecule has 0 saturated carbocycles. The van der Waals surface area contributed by atoms with Gasteiger partial charge in [-0.3, -0.25) is 19.2 Å². The highest BCUT2D eigenvalue weighted by molar-refractivity contribution is 6.10. The molecule has 8 heteroatoms. The molecule has 2 aliphatic carbocycles. The van der Waals surface area contributed by atoms with E-state index >= 15 is 0 Å². The van der Waals surface area contributed by atoms with Gasteiger partial charge in [-0.25, -0.2) is 0 Å². The second-order valence-electron chi connectivity index (χ2n) is 9.13. The van der Waals surface area contributed by atoms with Gasteiger partial charge < -0.3 is 19.1 Å². The maximum absolute atomic E-state index is 13.2. The Hall–Kier alpha value is -3.94. The Morgan fingerprint density at radius 3 is 2.03 bits per heavy atom. The lowest BCUT2D eigenvalue weighted by Crippen LogP contribution is -2.26. The molecule has 35 heavy (non-hydrogen) atoms.